The number of carbonyl (C=O) groups excluding carboxylic acids is 1. The molecule has 0 radical (unpaired) electrons. The number of benzene rings is 2. The Bertz CT molecular complexity index is 1810. The van der Waals surface area contributed by atoms with Crippen LogP contribution in [-0.4, -0.2) is 39.9 Å². The van der Waals surface area contributed by atoms with Crippen molar-refractivity contribution in [1.29, 1.82) is 0 Å². The highest BCUT2D eigenvalue weighted by atomic mass is 16.5. The van der Waals surface area contributed by atoms with Gasteiger partial charge in [-0.3, -0.25) is 19.3 Å². The van der Waals surface area contributed by atoms with Crippen LogP contribution in [0.4, 0.5) is 5.82 Å². The van der Waals surface area contributed by atoms with Crippen molar-refractivity contribution in [3.05, 3.63) is 94.7 Å². The molecule has 2 aromatic carbocycles. The van der Waals surface area contributed by atoms with Gasteiger partial charge in [0.1, 0.15) is 17.3 Å². The van der Waals surface area contributed by atoms with Gasteiger partial charge in [0.2, 0.25) is 5.43 Å². The molecule has 5 aromatic rings. The van der Waals surface area contributed by atoms with E-state index in [1.807, 2.05) is 31.2 Å². The lowest BCUT2D eigenvalue weighted by atomic mass is 10.0. The number of pyridine rings is 2. The van der Waals surface area contributed by atoms with Gasteiger partial charge in [-0.25, -0.2) is 4.98 Å². The molecule has 0 unspecified atom stereocenters. The first-order valence-corrected chi connectivity index (χ1v) is 13.1. The smallest absolute Gasteiger partial charge is 0.281 e. The third-order valence-corrected chi connectivity index (χ3v) is 6.85. The summed E-state index contributed by atoms with van der Waals surface area (Å²) in [6.07, 6.45) is 6.78. The van der Waals surface area contributed by atoms with Gasteiger partial charge in [-0.1, -0.05) is 29.8 Å². The lowest BCUT2D eigenvalue weighted by Crippen LogP contribution is -2.27. The van der Waals surface area contributed by atoms with Crippen LogP contribution in [0.15, 0.2) is 78.0 Å². The number of fused-ring (bicyclic) bond motifs is 1. The summed E-state index contributed by atoms with van der Waals surface area (Å²) in [7, 11) is 3.13. The lowest BCUT2D eigenvalue weighted by Gasteiger charge is -2.13. The molecule has 1 fully saturated rings. The largest absolute Gasteiger partial charge is 0.493 e. The second-order valence-corrected chi connectivity index (χ2v) is 9.77. The Hall–Kier alpha value is -5.25. The molecule has 0 aliphatic heterocycles. The van der Waals surface area contributed by atoms with Crippen molar-refractivity contribution in [3.8, 4) is 34.1 Å². The molecule has 1 aliphatic carbocycles. The van der Waals surface area contributed by atoms with Crippen LogP contribution in [0, 0.1) is 6.92 Å². The molecule has 0 saturated heterocycles. The quantitative estimate of drug-likeness (QED) is 0.267. The third kappa shape index (κ3) is 5.31. The Morgan fingerprint density at radius 2 is 1.71 bits per heavy atom. The molecule has 0 atom stereocenters. The zero-order valence-electron chi connectivity index (χ0n) is 22.7. The fraction of sp³-hybridized carbons (Fsp3) is 0.194. The van der Waals surface area contributed by atoms with E-state index in [1.54, 1.807) is 61.6 Å². The van der Waals surface area contributed by atoms with Crippen molar-refractivity contribution in [1.82, 2.24) is 19.7 Å². The van der Waals surface area contributed by atoms with Gasteiger partial charge in [-0.2, -0.15) is 5.10 Å². The average Bonchev–Trinajstić information content (AvgIpc) is 3.84. The number of methoxy groups -OCH3 is 2. The van der Waals surface area contributed by atoms with Gasteiger partial charge >= 0.3 is 0 Å². The number of hydrogen-bond acceptors (Lipinski definition) is 8. The zero-order valence-corrected chi connectivity index (χ0v) is 22.7. The Balaban J connectivity index is 1.24. The normalized spacial score (nSPS) is 12.7. The van der Waals surface area contributed by atoms with E-state index in [-0.39, 0.29) is 17.6 Å². The minimum atomic E-state index is -0.624. The molecule has 0 spiro atoms. The van der Waals surface area contributed by atoms with E-state index in [0.29, 0.717) is 34.1 Å². The first kappa shape index (κ1) is 26.0. The molecule has 1 N–H and O–H groups in total. The Kier molecular flexibility index (Phi) is 6.80. The molecule has 3 aromatic heterocycles. The van der Waals surface area contributed by atoms with Crippen LogP contribution in [0.25, 0.3) is 22.0 Å². The predicted octanol–water partition coefficient (Wildman–Crippen LogP) is 5.56. The van der Waals surface area contributed by atoms with Crippen molar-refractivity contribution in [2.75, 3.05) is 19.5 Å². The number of nitrogens with zero attached hydrogens (tertiary/aromatic N) is 4. The van der Waals surface area contributed by atoms with Gasteiger partial charge in [0.25, 0.3) is 5.91 Å². The van der Waals surface area contributed by atoms with Gasteiger partial charge < -0.3 is 19.5 Å². The number of aryl methyl sites for hydroxylation is 1. The first-order chi connectivity index (χ1) is 19.9. The van der Waals surface area contributed by atoms with Crippen molar-refractivity contribution in [3.63, 3.8) is 0 Å². The van der Waals surface area contributed by atoms with Gasteiger partial charge in [0, 0.05) is 29.4 Å². The van der Waals surface area contributed by atoms with E-state index in [9.17, 15) is 9.59 Å². The summed E-state index contributed by atoms with van der Waals surface area (Å²) in [6.45, 7) is 1.98. The maximum atomic E-state index is 13.3. The molecule has 3 heterocycles. The highest BCUT2D eigenvalue weighted by molar-refractivity contribution is 6.02. The van der Waals surface area contributed by atoms with Crippen molar-refractivity contribution < 1.29 is 19.0 Å². The number of aromatic nitrogens is 4. The molecular formula is C31H27N5O5. The van der Waals surface area contributed by atoms with Crippen molar-refractivity contribution in [2.24, 2.45) is 0 Å². The van der Waals surface area contributed by atoms with Crippen molar-refractivity contribution in [2.45, 2.75) is 25.8 Å². The molecular weight excluding hydrogens is 522 g/mol. The molecule has 1 aliphatic rings. The Morgan fingerprint density at radius 1 is 0.951 bits per heavy atom. The number of anilines is 1. The Labute approximate surface area is 235 Å². The summed E-state index contributed by atoms with van der Waals surface area (Å²) in [5, 5.41) is 7.81. The minimum absolute atomic E-state index is 0.176. The van der Waals surface area contributed by atoms with E-state index < -0.39 is 11.3 Å². The van der Waals surface area contributed by atoms with Crippen LogP contribution in [0.3, 0.4) is 0 Å². The van der Waals surface area contributed by atoms with Gasteiger partial charge in [0.05, 0.1) is 32.0 Å². The van der Waals surface area contributed by atoms with Gasteiger partial charge in [-0.15, -0.1) is 0 Å². The monoisotopic (exact) mass is 549 g/mol. The molecule has 10 nitrogen and oxygen atoms in total. The molecule has 206 valence electrons. The molecule has 6 rings (SSSR count). The second-order valence-electron chi connectivity index (χ2n) is 9.77. The molecule has 1 saturated carbocycles. The standard InChI is InChI=1S/C31H27N5O5/c1-18-4-6-19(7-5-18)23-17-36(20-8-9-20)35-29(30(23)37)31(38)34-28-11-10-21(16-33-28)41-25-12-13-32-24-15-27(40-3)26(39-2)14-22(24)25/h4-7,10-17,20H,8-9H2,1-3H3,(H,33,34,38). The molecule has 1 amide bonds. The summed E-state index contributed by atoms with van der Waals surface area (Å²) in [4.78, 5) is 35.3. The number of carbonyl (C=O) groups is 1. The zero-order chi connectivity index (χ0) is 28.5. The fourth-order valence-electron chi connectivity index (χ4n) is 4.48. The maximum absolute atomic E-state index is 13.3. The number of hydrogen-bond donors (Lipinski definition) is 1. The summed E-state index contributed by atoms with van der Waals surface area (Å²) in [5.74, 6) is 1.74. The van der Waals surface area contributed by atoms with Crippen LogP contribution < -0.4 is 25.0 Å². The highest BCUT2D eigenvalue weighted by Gasteiger charge is 2.27. The van der Waals surface area contributed by atoms with Crippen LogP contribution >= 0.6 is 0 Å². The SMILES string of the molecule is COc1cc2nccc(Oc3ccc(NC(=O)c4nn(C5CC5)cc(-c5ccc(C)cc5)c4=O)nc3)c2cc1OC. The van der Waals surface area contributed by atoms with Gasteiger partial charge in [0.15, 0.2) is 17.2 Å². The molecule has 0 bridgehead atoms. The van der Waals surface area contributed by atoms with E-state index in [1.165, 1.54) is 6.20 Å². The van der Waals surface area contributed by atoms with E-state index in [4.69, 9.17) is 14.2 Å². The van der Waals surface area contributed by atoms with Crippen LogP contribution in [-0.2, 0) is 0 Å². The lowest BCUT2D eigenvalue weighted by molar-refractivity contribution is 0.101. The number of nitrogens with one attached hydrogen (secondary N) is 1. The summed E-state index contributed by atoms with van der Waals surface area (Å²) in [6, 6.07) is 16.4. The van der Waals surface area contributed by atoms with Gasteiger partial charge in [-0.05, 0) is 49.6 Å². The average molecular weight is 550 g/mol. The van der Waals surface area contributed by atoms with E-state index in [0.717, 1.165) is 29.4 Å². The fourth-order valence-corrected chi connectivity index (χ4v) is 4.48. The Morgan fingerprint density at radius 3 is 2.39 bits per heavy atom. The van der Waals surface area contributed by atoms with Crippen LogP contribution in [0.2, 0.25) is 0 Å². The minimum Gasteiger partial charge on any atom is -0.493 e. The number of rotatable bonds is 8. The molecule has 41 heavy (non-hydrogen) atoms. The molecule has 10 heteroatoms. The topological polar surface area (TPSA) is 117 Å². The second kappa shape index (κ2) is 10.7. The number of amides is 1. The van der Waals surface area contributed by atoms with Crippen LogP contribution in [0.5, 0.6) is 23.0 Å². The highest BCUT2D eigenvalue weighted by Crippen LogP contribution is 2.37. The maximum Gasteiger partial charge on any atom is 0.281 e. The predicted molar refractivity (Wildman–Crippen MR) is 154 cm³/mol. The first-order valence-electron chi connectivity index (χ1n) is 13.1. The summed E-state index contributed by atoms with van der Waals surface area (Å²) in [5.41, 5.74) is 2.33. The van der Waals surface area contributed by atoms with E-state index >= 15 is 0 Å². The number of ether oxygens (including phenoxy) is 3. The third-order valence-electron chi connectivity index (χ3n) is 6.85. The van der Waals surface area contributed by atoms with E-state index in [2.05, 4.69) is 20.4 Å². The van der Waals surface area contributed by atoms with Crippen molar-refractivity contribution >= 4 is 22.6 Å². The summed E-state index contributed by atoms with van der Waals surface area (Å²) < 4.78 is 18.6. The summed E-state index contributed by atoms with van der Waals surface area (Å²) >= 11 is 0. The van der Waals surface area contributed by atoms with Crippen LogP contribution in [0.1, 0.15) is 34.9 Å².